The number of benzene rings is 1. The lowest BCUT2D eigenvalue weighted by molar-refractivity contribution is -0.338. The van der Waals surface area contributed by atoms with E-state index in [-0.39, 0.29) is 37.0 Å². The van der Waals surface area contributed by atoms with Crippen molar-refractivity contribution in [3.63, 3.8) is 0 Å². The number of rotatable bonds is 9. The molecule has 11 heteroatoms. The molecule has 0 spiro atoms. The van der Waals surface area contributed by atoms with Crippen LogP contribution in [0.4, 0.5) is 0 Å². The Labute approximate surface area is 265 Å². The van der Waals surface area contributed by atoms with E-state index in [9.17, 15) is 24.3 Å². The topological polar surface area (TPSA) is 135 Å². The first-order valence-electron chi connectivity index (χ1n) is 16.0. The van der Waals surface area contributed by atoms with Gasteiger partial charge in [-0.3, -0.25) is 14.4 Å². The van der Waals surface area contributed by atoms with Crippen LogP contribution < -0.4 is 0 Å². The van der Waals surface area contributed by atoms with E-state index in [0.717, 1.165) is 18.1 Å². The van der Waals surface area contributed by atoms with E-state index in [0.29, 0.717) is 5.57 Å². The molecule has 10 nitrogen and oxygen atoms in total. The van der Waals surface area contributed by atoms with Crippen LogP contribution in [0, 0.1) is 11.3 Å². The van der Waals surface area contributed by atoms with Crippen LogP contribution in [-0.4, -0.2) is 86.3 Å². The van der Waals surface area contributed by atoms with Crippen LogP contribution in [0.2, 0.25) is 18.1 Å². The molecule has 1 N–H and O–H groups in total. The minimum absolute atomic E-state index is 0.00954. The molecule has 1 aromatic carbocycles. The minimum atomic E-state index is -2.41. The Morgan fingerprint density at radius 2 is 1.73 bits per heavy atom. The largest absolute Gasteiger partial charge is 0.455 e. The number of hydrogen-bond donors (Lipinski definition) is 1. The first-order valence-corrected chi connectivity index (χ1v) is 18.6. The van der Waals surface area contributed by atoms with Crippen molar-refractivity contribution < 1.29 is 47.7 Å². The van der Waals surface area contributed by atoms with Crippen LogP contribution in [0.3, 0.4) is 0 Å². The zero-order valence-corrected chi connectivity index (χ0v) is 28.3. The summed E-state index contributed by atoms with van der Waals surface area (Å²) in [6, 6.07) is 10.7. The molecule has 1 heterocycles. The zero-order valence-electron chi connectivity index (χ0n) is 27.3. The monoisotopic (exact) mass is 642 g/mol. The summed E-state index contributed by atoms with van der Waals surface area (Å²) in [5.41, 5.74) is -4.00. The first-order chi connectivity index (χ1) is 21.3. The summed E-state index contributed by atoms with van der Waals surface area (Å²) in [6.45, 7) is 10.8. The summed E-state index contributed by atoms with van der Waals surface area (Å²) in [5, 5.41) is 12.7. The Morgan fingerprint density at radius 3 is 2.27 bits per heavy atom. The van der Waals surface area contributed by atoms with E-state index in [1.54, 1.807) is 44.2 Å². The van der Waals surface area contributed by atoms with Crippen molar-refractivity contribution in [2.75, 3.05) is 13.7 Å². The predicted molar refractivity (Wildman–Crippen MR) is 166 cm³/mol. The van der Waals surface area contributed by atoms with Gasteiger partial charge in [-0.2, -0.15) is 0 Å². The number of fused-ring (bicyclic) bond motifs is 5. The zero-order chi connectivity index (χ0) is 32.9. The maximum atomic E-state index is 14.9. The SMILES string of the molecule is CC[Si](CC)(CC)OC1C[C@H]2OC[C@@]2(OC(C)=O)[C@H]2[C@H](OC(=O)c3ccccc3)[C@@]3(O)CC(=C(C)C(OC)C3)C(=O)C(=O)[C@]12C. The molecule has 0 radical (unpaired) electrons. The molecule has 3 fully saturated rings. The number of carbonyl (C=O) groups excluding carboxylic acids is 4. The van der Waals surface area contributed by atoms with Gasteiger partial charge in [0.2, 0.25) is 11.6 Å². The summed E-state index contributed by atoms with van der Waals surface area (Å²) < 4.78 is 31.3. The molecular formula is C34H46O10Si. The van der Waals surface area contributed by atoms with Crippen LogP contribution in [0.1, 0.15) is 71.2 Å². The summed E-state index contributed by atoms with van der Waals surface area (Å²) in [4.78, 5) is 55.8. The fourth-order valence-corrected chi connectivity index (χ4v) is 11.3. The fourth-order valence-electron chi connectivity index (χ4n) is 8.38. The number of methoxy groups -OCH3 is 1. The molecule has 0 amide bonds. The van der Waals surface area contributed by atoms with Crippen molar-refractivity contribution in [1.29, 1.82) is 0 Å². The molecule has 3 aliphatic carbocycles. The summed E-state index contributed by atoms with van der Waals surface area (Å²) >= 11 is 0. The highest BCUT2D eigenvalue weighted by molar-refractivity contribution is 6.73. The molecule has 1 saturated heterocycles. The van der Waals surface area contributed by atoms with Gasteiger partial charge in [0.25, 0.3) is 0 Å². The summed E-state index contributed by atoms with van der Waals surface area (Å²) in [6.07, 6.45) is -3.68. The number of ether oxygens (including phenoxy) is 4. The lowest BCUT2D eigenvalue weighted by atomic mass is 9.48. The maximum Gasteiger partial charge on any atom is 0.338 e. The Hall–Kier alpha value is -2.70. The van der Waals surface area contributed by atoms with Gasteiger partial charge in [-0.1, -0.05) is 39.0 Å². The van der Waals surface area contributed by atoms with E-state index >= 15 is 0 Å². The number of esters is 2. The van der Waals surface area contributed by atoms with Crippen LogP contribution in [0.5, 0.6) is 0 Å². The molecule has 5 rings (SSSR count). The van der Waals surface area contributed by atoms with Crippen LogP contribution >= 0.6 is 0 Å². The van der Waals surface area contributed by atoms with E-state index in [4.69, 9.17) is 23.4 Å². The van der Waals surface area contributed by atoms with Gasteiger partial charge in [0.15, 0.2) is 13.9 Å². The molecule has 1 aliphatic heterocycles. The Bertz CT molecular complexity index is 1380. The number of Topliss-reactive ketones (excluding diaryl/α,β-unsaturated/α-hetero) is 2. The highest BCUT2D eigenvalue weighted by Gasteiger charge is 2.76. The summed E-state index contributed by atoms with van der Waals surface area (Å²) in [5.74, 6) is -3.94. The highest BCUT2D eigenvalue weighted by Crippen LogP contribution is 2.61. The van der Waals surface area contributed by atoms with E-state index in [2.05, 4.69) is 20.8 Å². The second-order valence-corrected chi connectivity index (χ2v) is 18.1. The Balaban J connectivity index is 1.79. The van der Waals surface area contributed by atoms with Gasteiger partial charge < -0.3 is 28.5 Å². The van der Waals surface area contributed by atoms with Crippen LogP contribution in [-0.2, 0) is 37.8 Å². The van der Waals surface area contributed by atoms with E-state index in [1.165, 1.54) is 14.0 Å². The molecular weight excluding hydrogens is 596 g/mol. The third-order valence-corrected chi connectivity index (χ3v) is 15.9. The molecule has 2 saturated carbocycles. The third kappa shape index (κ3) is 5.24. The van der Waals surface area contributed by atoms with E-state index in [1.807, 2.05) is 0 Å². The molecule has 246 valence electrons. The quantitative estimate of drug-likeness (QED) is 0.236. The maximum absolute atomic E-state index is 14.9. The van der Waals surface area contributed by atoms with Crippen molar-refractivity contribution >= 4 is 31.8 Å². The van der Waals surface area contributed by atoms with Crippen molar-refractivity contribution in [3.8, 4) is 0 Å². The Kier molecular flexibility index (Phi) is 9.09. The average Bonchev–Trinajstić information content (AvgIpc) is 3.03. The van der Waals surface area contributed by atoms with Gasteiger partial charge in [0.1, 0.15) is 17.8 Å². The molecule has 8 atom stereocenters. The smallest absolute Gasteiger partial charge is 0.338 e. The molecule has 4 aliphatic rings. The average molecular weight is 643 g/mol. The van der Waals surface area contributed by atoms with Crippen LogP contribution in [0.15, 0.2) is 41.5 Å². The van der Waals surface area contributed by atoms with Crippen LogP contribution in [0.25, 0.3) is 0 Å². The number of hydrogen-bond acceptors (Lipinski definition) is 10. The van der Waals surface area contributed by atoms with Crippen molar-refractivity contribution in [2.24, 2.45) is 11.3 Å². The lowest BCUT2D eigenvalue weighted by Gasteiger charge is -2.66. The van der Waals surface area contributed by atoms with Gasteiger partial charge in [-0.15, -0.1) is 0 Å². The molecule has 1 aromatic rings. The van der Waals surface area contributed by atoms with Gasteiger partial charge in [0.05, 0.1) is 35.7 Å². The number of carbonyl (C=O) groups is 4. The van der Waals surface area contributed by atoms with Crippen molar-refractivity contribution in [3.05, 3.63) is 47.0 Å². The Morgan fingerprint density at radius 1 is 1.09 bits per heavy atom. The van der Waals surface area contributed by atoms with Crippen molar-refractivity contribution in [2.45, 2.75) is 115 Å². The molecule has 0 aromatic heterocycles. The molecule has 2 unspecified atom stereocenters. The third-order valence-electron chi connectivity index (χ3n) is 11.3. The van der Waals surface area contributed by atoms with Gasteiger partial charge in [0, 0.05) is 38.9 Å². The highest BCUT2D eigenvalue weighted by atomic mass is 28.4. The number of aliphatic hydroxyl groups is 1. The van der Waals surface area contributed by atoms with Gasteiger partial charge >= 0.3 is 11.9 Å². The van der Waals surface area contributed by atoms with Gasteiger partial charge in [-0.25, -0.2) is 4.79 Å². The number of ketones is 2. The van der Waals surface area contributed by atoms with E-state index < -0.39 is 78.8 Å². The second-order valence-electron chi connectivity index (χ2n) is 13.4. The minimum Gasteiger partial charge on any atom is -0.455 e. The summed E-state index contributed by atoms with van der Waals surface area (Å²) in [7, 11) is -0.938. The first kappa shape index (κ1) is 33.7. The predicted octanol–water partition coefficient (Wildman–Crippen LogP) is 4.34. The van der Waals surface area contributed by atoms with Crippen molar-refractivity contribution in [1.82, 2.24) is 0 Å². The fraction of sp³-hybridized carbons (Fsp3) is 0.647. The molecule has 2 bridgehead atoms. The lowest BCUT2D eigenvalue weighted by Crippen LogP contribution is -2.80. The second kappa shape index (κ2) is 12.1. The molecule has 45 heavy (non-hydrogen) atoms. The standard InChI is InChI=1S/C34H46O10Si/c1-8-45(9-2,10-3)44-25-16-26-34(19-41-26,43-21(5)35)28-30(42-31(38)22-14-12-11-13-15-22)33(39)17-23(20(4)24(18-33)40-7)27(36)29(37)32(25,28)6/h11-15,24-26,28,30,39H,8-10,16-19H2,1-7H3/t24?,25?,26-,28+,30+,32-,33-,34+/m1/s1. The van der Waals surface area contributed by atoms with Gasteiger partial charge in [-0.05, 0) is 49.7 Å². The normalized spacial score (nSPS) is 36.2.